The molecule has 2 heterocycles. The van der Waals surface area contributed by atoms with E-state index in [4.69, 9.17) is 9.47 Å². The summed E-state index contributed by atoms with van der Waals surface area (Å²) in [6.07, 6.45) is 20.6. The Hall–Kier alpha value is -0.120. The van der Waals surface area contributed by atoms with Crippen LogP contribution in [0.4, 0.5) is 0 Å². The van der Waals surface area contributed by atoms with Crippen LogP contribution in [0.2, 0.25) is 0 Å². The lowest BCUT2D eigenvalue weighted by Gasteiger charge is -2.14. The van der Waals surface area contributed by atoms with E-state index in [0.717, 1.165) is 25.0 Å². The van der Waals surface area contributed by atoms with Crippen LogP contribution in [0, 0.1) is 11.8 Å². The van der Waals surface area contributed by atoms with Gasteiger partial charge in [0.2, 0.25) is 0 Å². The average Bonchev–Trinajstić information content (AvgIpc) is 3.53. The summed E-state index contributed by atoms with van der Waals surface area (Å²) < 4.78 is 10.6. The van der Waals surface area contributed by atoms with Crippen LogP contribution in [0.1, 0.15) is 118 Å². The van der Waals surface area contributed by atoms with Crippen molar-refractivity contribution in [3.8, 4) is 0 Å². The molecule has 0 aromatic rings. The fourth-order valence-corrected chi connectivity index (χ4v) is 4.09. The van der Waals surface area contributed by atoms with E-state index in [-0.39, 0.29) is 5.48 Å². The van der Waals surface area contributed by atoms with Gasteiger partial charge in [-0.05, 0) is 24.7 Å². The number of rotatable bonds is 16. The number of unbranched alkanes of at least 4 members (excludes halogenated alkanes) is 4. The number of hydrogen-bond acceptors (Lipinski definition) is 2. The summed E-state index contributed by atoms with van der Waals surface area (Å²) in [5.74, 6) is 1.90. The molecule has 2 fully saturated rings. The Morgan fingerprint density at radius 3 is 1.22 bits per heavy atom. The zero-order valence-electron chi connectivity index (χ0n) is 18.9. The lowest BCUT2D eigenvalue weighted by atomic mass is 9.92. The first-order valence-electron chi connectivity index (χ1n) is 12.0. The molecular formula is C24H50O3. The smallest absolute Gasteiger partial charge is 0.0812 e. The first-order chi connectivity index (χ1) is 12.7. The lowest BCUT2D eigenvalue weighted by Crippen LogP contribution is -2.04. The third kappa shape index (κ3) is 16.5. The molecule has 3 heteroatoms. The molecule has 0 aromatic carbocycles. The van der Waals surface area contributed by atoms with Crippen molar-refractivity contribution >= 4 is 0 Å². The molecule has 4 atom stereocenters. The molecule has 0 amide bonds. The molecule has 2 rings (SSSR count). The highest BCUT2D eigenvalue weighted by molar-refractivity contribution is 4.74. The molecule has 0 spiro atoms. The Labute approximate surface area is 170 Å². The topological polar surface area (TPSA) is 56.6 Å². The van der Waals surface area contributed by atoms with Crippen molar-refractivity contribution in [3.63, 3.8) is 0 Å². The highest BCUT2D eigenvalue weighted by atomic mass is 16.6. The Balaban J connectivity index is 0.000000483. The zero-order chi connectivity index (χ0) is 19.0. The monoisotopic (exact) mass is 386 g/mol. The Morgan fingerprint density at radius 1 is 0.593 bits per heavy atom. The summed E-state index contributed by atoms with van der Waals surface area (Å²) in [6, 6.07) is 0. The number of ether oxygens (including phenoxy) is 2. The van der Waals surface area contributed by atoms with E-state index >= 15 is 0 Å². The highest BCUT2D eigenvalue weighted by Gasteiger charge is 2.26. The van der Waals surface area contributed by atoms with Gasteiger partial charge in [0.15, 0.2) is 0 Å². The fraction of sp³-hybridized carbons (Fsp3) is 1.00. The van der Waals surface area contributed by atoms with Gasteiger partial charge in [-0.2, -0.15) is 0 Å². The standard InChI is InChI=1S/2C12H24O.H2O/c2*1-3-5-6-8-11(7-4-2)9-12-10-13-12;/h2*11-12H,3-10H2,1-2H3;1H2. The van der Waals surface area contributed by atoms with Gasteiger partial charge in [0.25, 0.3) is 0 Å². The van der Waals surface area contributed by atoms with Gasteiger partial charge in [0.1, 0.15) is 0 Å². The maximum Gasteiger partial charge on any atom is 0.0812 e. The largest absolute Gasteiger partial charge is 0.412 e. The molecule has 0 radical (unpaired) electrons. The maximum absolute atomic E-state index is 5.29. The van der Waals surface area contributed by atoms with Crippen LogP contribution < -0.4 is 0 Å². The maximum atomic E-state index is 5.29. The molecule has 2 N–H and O–H groups in total. The van der Waals surface area contributed by atoms with E-state index in [1.807, 2.05) is 0 Å². The van der Waals surface area contributed by atoms with E-state index in [0.29, 0.717) is 12.2 Å². The second kappa shape index (κ2) is 17.9. The predicted octanol–water partition coefficient (Wildman–Crippen LogP) is 6.72. The lowest BCUT2D eigenvalue weighted by molar-refractivity contribution is 0.322. The minimum atomic E-state index is 0. The second-order valence-electron chi connectivity index (χ2n) is 8.68. The van der Waals surface area contributed by atoms with Crippen molar-refractivity contribution in [3.05, 3.63) is 0 Å². The predicted molar refractivity (Wildman–Crippen MR) is 117 cm³/mol. The highest BCUT2D eigenvalue weighted by Crippen LogP contribution is 2.27. The molecule has 0 saturated carbocycles. The Bertz CT molecular complexity index is 270. The third-order valence-corrected chi connectivity index (χ3v) is 5.82. The van der Waals surface area contributed by atoms with Gasteiger partial charge >= 0.3 is 0 Å². The molecule has 164 valence electrons. The van der Waals surface area contributed by atoms with Crippen LogP contribution in [-0.2, 0) is 9.47 Å². The summed E-state index contributed by atoms with van der Waals surface area (Å²) in [6.45, 7) is 11.2. The van der Waals surface area contributed by atoms with Crippen molar-refractivity contribution in [2.75, 3.05) is 13.2 Å². The van der Waals surface area contributed by atoms with E-state index < -0.39 is 0 Å². The normalized spacial score (nSPS) is 22.2. The van der Waals surface area contributed by atoms with Gasteiger partial charge in [-0.25, -0.2) is 0 Å². The van der Waals surface area contributed by atoms with E-state index in [1.54, 1.807) is 0 Å². The first-order valence-corrected chi connectivity index (χ1v) is 12.0. The van der Waals surface area contributed by atoms with E-state index in [1.165, 1.54) is 89.9 Å². The summed E-state index contributed by atoms with van der Waals surface area (Å²) in [7, 11) is 0. The van der Waals surface area contributed by atoms with Gasteiger partial charge in [-0.15, -0.1) is 0 Å². The van der Waals surface area contributed by atoms with Gasteiger partial charge in [-0.3, -0.25) is 0 Å². The summed E-state index contributed by atoms with van der Waals surface area (Å²) in [5.41, 5.74) is 0. The quantitative estimate of drug-likeness (QED) is 0.218. The van der Waals surface area contributed by atoms with Crippen LogP contribution in [0.3, 0.4) is 0 Å². The van der Waals surface area contributed by atoms with Crippen LogP contribution >= 0.6 is 0 Å². The molecule has 0 aliphatic carbocycles. The van der Waals surface area contributed by atoms with Gasteiger partial charge in [-0.1, -0.05) is 105 Å². The van der Waals surface area contributed by atoms with Crippen molar-refractivity contribution < 1.29 is 14.9 Å². The van der Waals surface area contributed by atoms with Crippen LogP contribution in [0.25, 0.3) is 0 Å². The summed E-state index contributed by atoms with van der Waals surface area (Å²) >= 11 is 0. The van der Waals surface area contributed by atoms with Crippen molar-refractivity contribution in [1.29, 1.82) is 0 Å². The fourth-order valence-electron chi connectivity index (χ4n) is 4.09. The minimum absolute atomic E-state index is 0. The van der Waals surface area contributed by atoms with E-state index in [2.05, 4.69) is 27.7 Å². The summed E-state index contributed by atoms with van der Waals surface area (Å²) in [4.78, 5) is 0. The van der Waals surface area contributed by atoms with E-state index in [9.17, 15) is 0 Å². The van der Waals surface area contributed by atoms with Crippen molar-refractivity contribution in [1.82, 2.24) is 0 Å². The molecule has 0 aromatic heterocycles. The Morgan fingerprint density at radius 2 is 0.963 bits per heavy atom. The van der Waals surface area contributed by atoms with Gasteiger partial charge in [0, 0.05) is 0 Å². The SMILES string of the molecule is CCCCCC(CCC)CC1CO1.CCCCCC(CCC)CC1CO1.O. The van der Waals surface area contributed by atoms with Crippen LogP contribution in [0.15, 0.2) is 0 Å². The number of epoxide rings is 2. The second-order valence-corrected chi connectivity index (χ2v) is 8.68. The number of hydrogen-bond donors (Lipinski definition) is 0. The summed E-state index contributed by atoms with van der Waals surface area (Å²) in [5, 5.41) is 0. The first kappa shape index (κ1) is 26.9. The molecule has 4 unspecified atom stereocenters. The van der Waals surface area contributed by atoms with Gasteiger partial charge < -0.3 is 14.9 Å². The molecule has 2 aliphatic rings. The molecular weight excluding hydrogens is 336 g/mol. The molecule has 3 nitrogen and oxygen atoms in total. The van der Waals surface area contributed by atoms with Crippen LogP contribution in [-0.4, -0.2) is 30.9 Å². The third-order valence-electron chi connectivity index (χ3n) is 5.82. The minimum Gasteiger partial charge on any atom is -0.412 e. The van der Waals surface area contributed by atoms with Crippen molar-refractivity contribution in [2.45, 2.75) is 130 Å². The van der Waals surface area contributed by atoms with Gasteiger partial charge in [0.05, 0.1) is 25.4 Å². The Kier molecular flexibility index (Phi) is 17.9. The average molecular weight is 387 g/mol. The molecule has 2 aliphatic heterocycles. The zero-order valence-corrected chi connectivity index (χ0v) is 18.9. The molecule has 2 saturated heterocycles. The molecule has 27 heavy (non-hydrogen) atoms. The van der Waals surface area contributed by atoms with Crippen LogP contribution in [0.5, 0.6) is 0 Å². The van der Waals surface area contributed by atoms with Crippen molar-refractivity contribution in [2.24, 2.45) is 11.8 Å². The molecule has 0 bridgehead atoms.